The standard InChI is InChI=1S/C26H29ClN4O4S2/c27-20-7-6-8-21(17-20)31-26(32)25(35-22-9-4-5-10-22)24(18-28-31)29-13-15-30(16-14-29)37(33,34)19-36-23-11-2-1-3-12-23/h1-3,6-8,11-12,17-18,22H,4-5,9-10,13-16,19H2. The van der Waals surface area contributed by atoms with Crippen LogP contribution in [0.5, 0.6) is 5.75 Å². The number of hydrogen-bond donors (Lipinski definition) is 0. The lowest BCUT2D eigenvalue weighted by atomic mass is 10.2. The predicted molar refractivity (Wildman–Crippen MR) is 148 cm³/mol. The summed E-state index contributed by atoms with van der Waals surface area (Å²) in [5.74, 6) is 0.262. The zero-order valence-corrected chi connectivity index (χ0v) is 22.7. The molecule has 2 aliphatic rings. The number of rotatable bonds is 8. The molecule has 2 fully saturated rings. The Morgan fingerprint density at radius 2 is 1.73 bits per heavy atom. The summed E-state index contributed by atoms with van der Waals surface area (Å²) >= 11 is 7.46. The Balaban J connectivity index is 1.34. The highest BCUT2D eigenvalue weighted by atomic mass is 35.5. The van der Waals surface area contributed by atoms with Crippen molar-refractivity contribution in [3.8, 4) is 11.4 Å². The van der Waals surface area contributed by atoms with Gasteiger partial charge in [0.25, 0.3) is 0 Å². The summed E-state index contributed by atoms with van der Waals surface area (Å²) in [6, 6.07) is 16.5. The molecule has 0 atom stereocenters. The highest BCUT2D eigenvalue weighted by Crippen LogP contribution is 2.31. The minimum absolute atomic E-state index is 0.00963. The van der Waals surface area contributed by atoms with Crippen LogP contribution in [0.4, 0.5) is 5.69 Å². The molecule has 2 aromatic carbocycles. The van der Waals surface area contributed by atoms with Crippen LogP contribution in [0.3, 0.4) is 0 Å². The second-order valence-corrected chi connectivity index (χ2v) is 13.0. The molecule has 0 bridgehead atoms. The van der Waals surface area contributed by atoms with Crippen molar-refractivity contribution < 1.29 is 13.2 Å². The number of anilines is 1. The van der Waals surface area contributed by atoms with E-state index in [0.717, 1.165) is 30.6 Å². The van der Waals surface area contributed by atoms with Gasteiger partial charge in [0.1, 0.15) is 10.8 Å². The number of aromatic nitrogens is 2. The minimum Gasteiger partial charge on any atom is -0.483 e. The maximum Gasteiger partial charge on any atom is 0.316 e. The van der Waals surface area contributed by atoms with Crippen molar-refractivity contribution in [2.45, 2.75) is 36.7 Å². The topological polar surface area (TPSA) is 84.7 Å². The fraction of sp³-hybridized carbons (Fsp3) is 0.385. The fourth-order valence-corrected chi connectivity index (χ4v) is 7.66. The van der Waals surface area contributed by atoms with Crippen LogP contribution in [0, 0.1) is 0 Å². The van der Waals surface area contributed by atoms with E-state index in [4.69, 9.17) is 16.3 Å². The summed E-state index contributed by atoms with van der Waals surface area (Å²) in [4.78, 5) is 16.5. The molecule has 0 amide bonds. The first-order chi connectivity index (χ1) is 17.9. The SMILES string of the molecule is O=c1c(OC2CCCC2)c(N2CCN(S(=O)(=O)CSc3ccccc3)CC2)cnn1-c1cccc(Cl)c1. The van der Waals surface area contributed by atoms with Crippen molar-refractivity contribution in [3.63, 3.8) is 0 Å². The van der Waals surface area contributed by atoms with Crippen molar-refractivity contribution in [1.82, 2.24) is 14.1 Å². The quantitative estimate of drug-likeness (QED) is 0.377. The van der Waals surface area contributed by atoms with Gasteiger partial charge >= 0.3 is 5.56 Å². The fourth-order valence-electron chi connectivity index (χ4n) is 4.67. The monoisotopic (exact) mass is 560 g/mol. The number of benzene rings is 2. The largest absolute Gasteiger partial charge is 0.483 e. The third kappa shape index (κ3) is 6.14. The molecule has 37 heavy (non-hydrogen) atoms. The van der Waals surface area contributed by atoms with Crippen molar-refractivity contribution in [3.05, 3.63) is 76.2 Å². The molecule has 1 saturated heterocycles. The molecule has 5 rings (SSSR count). The van der Waals surface area contributed by atoms with E-state index in [-0.39, 0.29) is 22.5 Å². The van der Waals surface area contributed by atoms with Gasteiger partial charge in [-0.05, 0) is 56.0 Å². The average molecular weight is 561 g/mol. The highest BCUT2D eigenvalue weighted by molar-refractivity contribution is 8.11. The molecule has 196 valence electrons. The summed E-state index contributed by atoms with van der Waals surface area (Å²) in [5, 5.41) is 4.92. The molecule has 1 aliphatic carbocycles. The molecular weight excluding hydrogens is 532 g/mol. The van der Waals surface area contributed by atoms with Crippen molar-refractivity contribution in [2.24, 2.45) is 0 Å². The van der Waals surface area contributed by atoms with E-state index >= 15 is 0 Å². The summed E-state index contributed by atoms with van der Waals surface area (Å²) in [7, 11) is -3.43. The van der Waals surface area contributed by atoms with Crippen LogP contribution in [0.2, 0.25) is 5.02 Å². The maximum atomic E-state index is 13.6. The van der Waals surface area contributed by atoms with E-state index in [1.165, 1.54) is 20.7 Å². The molecule has 0 N–H and O–H groups in total. The lowest BCUT2D eigenvalue weighted by Crippen LogP contribution is -2.49. The molecular formula is C26H29ClN4O4S2. The number of thioether (sulfide) groups is 1. The Hall–Kier alpha value is -2.53. The van der Waals surface area contributed by atoms with Crippen molar-refractivity contribution in [1.29, 1.82) is 0 Å². The minimum atomic E-state index is -3.43. The van der Waals surface area contributed by atoms with Gasteiger partial charge in [-0.15, -0.1) is 11.8 Å². The molecule has 3 aromatic rings. The normalized spacial score (nSPS) is 17.3. The molecule has 1 aromatic heterocycles. The van der Waals surface area contributed by atoms with E-state index in [9.17, 15) is 13.2 Å². The highest BCUT2D eigenvalue weighted by Gasteiger charge is 2.30. The van der Waals surface area contributed by atoms with E-state index in [1.807, 2.05) is 35.2 Å². The predicted octanol–water partition coefficient (Wildman–Crippen LogP) is 4.41. The van der Waals surface area contributed by atoms with Crippen LogP contribution in [0.25, 0.3) is 5.69 Å². The second kappa shape index (κ2) is 11.5. The molecule has 11 heteroatoms. The zero-order valence-electron chi connectivity index (χ0n) is 20.3. The zero-order chi connectivity index (χ0) is 25.8. The van der Waals surface area contributed by atoms with Crippen molar-refractivity contribution >= 4 is 39.1 Å². The molecule has 1 saturated carbocycles. The second-order valence-electron chi connectivity index (χ2n) is 9.15. The lowest BCUT2D eigenvalue weighted by Gasteiger charge is -2.35. The summed E-state index contributed by atoms with van der Waals surface area (Å²) < 4.78 is 35.0. The Labute approximate surface area is 226 Å². The van der Waals surface area contributed by atoms with E-state index < -0.39 is 10.0 Å². The number of ether oxygens (including phenoxy) is 1. The molecule has 0 radical (unpaired) electrons. The summed E-state index contributed by atoms with van der Waals surface area (Å²) in [6.45, 7) is 1.55. The summed E-state index contributed by atoms with van der Waals surface area (Å²) in [5.41, 5.74) is 0.819. The number of hydrogen-bond acceptors (Lipinski definition) is 7. The van der Waals surface area contributed by atoms with Crippen LogP contribution in [-0.4, -0.2) is 59.9 Å². The number of sulfonamides is 1. The molecule has 8 nitrogen and oxygen atoms in total. The van der Waals surface area contributed by atoms with E-state index in [0.29, 0.717) is 42.6 Å². The third-order valence-electron chi connectivity index (χ3n) is 6.64. The van der Waals surface area contributed by atoms with E-state index in [1.54, 1.807) is 30.5 Å². The van der Waals surface area contributed by atoms with E-state index in [2.05, 4.69) is 5.10 Å². The van der Waals surface area contributed by atoms with Crippen LogP contribution < -0.4 is 15.2 Å². The van der Waals surface area contributed by atoms with Gasteiger partial charge in [0.2, 0.25) is 15.8 Å². The molecule has 2 heterocycles. The van der Waals surface area contributed by atoms with Gasteiger partial charge in [-0.25, -0.2) is 8.42 Å². The number of nitrogens with zero attached hydrogens (tertiary/aromatic N) is 4. The Kier molecular flexibility index (Phi) is 8.09. The average Bonchev–Trinajstić information content (AvgIpc) is 3.43. The molecule has 1 aliphatic heterocycles. The van der Waals surface area contributed by atoms with Gasteiger partial charge in [-0.2, -0.15) is 14.1 Å². The molecule has 0 unspecified atom stereocenters. The Morgan fingerprint density at radius 3 is 2.43 bits per heavy atom. The van der Waals surface area contributed by atoms with Crippen LogP contribution in [-0.2, 0) is 10.0 Å². The first kappa shape index (κ1) is 26.1. The maximum absolute atomic E-state index is 13.6. The number of halogens is 1. The van der Waals surface area contributed by atoms with Gasteiger partial charge < -0.3 is 9.64 Å². The van der Waals surface area contributed by atoms with Crippen LogP contribution >= 0.6 is 23.4 Å². The Bertz CT molecular complexity index is 1390. The van der Waals surface area contributed by atoms with Gasteiger partial charge in [-0.3, -0.25) is 4.79 Å². The lowest BCUT2D eigenvalue weighted by molar-refractivity contribution is 0.205. The number of piperazine rings is 1. The smallest absolute Gasteiger partial charge is 0.316 e. The van der Waals surface area contributed by atoms with Gasteiger partial charge in [0.05, 0.1) is 18.0 Å². The summed E-state index contributed by atoms with van der Waals surface area (Å²) in [6.07, 6.45) is 5.59. The Morgan fingerprint density at radius 1 is 1.00 bits per heavy atom. The first-order valence-electron chi connectivity index (χ1n) is 12.4. The van der Waals surface area contributed by atoms with Gasteiger partial charge in [-0.1, -0.05) is 35.9 Å². The van der Waals surface area contributed by atoms with Gasteiger partial charge in [0, 0.05) is 36.1 Å². The first-order valence-corrected chi connectivity index (χ1v) is 15.3. The van der Waals surface area contributed by atoms with Crippen molar-refractivity contribution in [2.75, 3.05) is 36.2 Å². The molecule has 0 spiro atoms. The van der Waals surface area contributed by atoms with Crippen LogP contribution in [0.1, 0.15) is 25.7 Å². The third-order valence-corrected chi connectivity index (χ3v) is 10.3. The van der Waals surface area contributed by atoms with Gasteiger partial charge in [0.15, 0.2) is 0 Å². The van der Waals surface area contributed by atoms with Crippen LogP contribution in [0.15, 0.2) is 70.5 Å².